The number of ketones is 1. The number of carbonyl (C=O) groups excluding carboxylic acids is 1. The van der Waals surface area contributed by atoms with Gasteiger partial charge in [0.05, 0.1) is 11.4 Å². The summed E-state index contributed by atoms with van der Waals surface area (Å²) in [4.78, 5) is 11.2. The summed E-state index contributed by atoms with van der Waals surface area (Å²) in [7, 11) is 0. The Kier molecular flexibility index (Phi) is 4.57. The Morgan fingerprint density at radius 1 is 1.29 bits per heavy atom. The summed E-state index contributed by atoms with van der Waals surface area (Å²) in [6.45, 7) is 1.65. The molecule has 0 aliphatic heterocycles. The van der Waals surface area contributed by atoms with Gasteiger partial charge in [0.2, 0.25) is 0 Å². The van der Waals surface area contributed by atoms with E-state index >= 15 is 0 Å². The van der Waals surface area contributed by atoms with Gasteiger partial charge in [0.1, 0.15) is 0 Å². The van der Waals surface area contributed by atoms with Crippen molar-refractivity contribution in [2.75, 3.05) is 5.88 Å². The number of hydrogen-bond donors (Lipinski definition) is 0. The van der Waals surface area contributed by atoms with Crippen molar-refractivity contribution in [3.63, 3.8) is 0 Å². The van der Waals surface area contributed by atoms with Crippen LogP contribution in [0.3, 0.4) is 0 Å². The topological polar surface area (TPSA) is 17.1 Å². The zero-order valence-corrected chi connectivity index (χ0v) is 10.0. The third-order valence-corrected chi connectivity index (χ3v) is 2.74. The molecule has 0 spiro atoms. The van der Waals surface area contributed by atoms with E-state index in [-0.39, 0.29) is 29.8 Å². The lowest BCUT2D eigenvalue weighted by Crippen LogP contribution is -2.15. The molecule has 17 heavy (non-hydrogen) atoms. The number of Topliss-reactive ketones (excluding diaryl/α,β-unsaturated/α-hetero) is 1. The van der Waals surface area contributed by atoms with Crippen molar-refractivity contribution in [3.8, 4) is 0 Å². The monoisotopic (exact) mass is 264 g/mol. The largest absolute Gasteiger partial charge is 0.416 e. The van der Waals surface area contributed by atoms with E-state index in [0.29, 0.717) is 0 Å². The van der Waals surface area contributed by atoms with Gasteiger partial charge >= 0.3 is 6.18 Å². The van der Waals surface area contributed by atoms with Gasteiger partial charge in [-0.2, -0.15) is 13.2 Å². The Balaban J connectivity index is 3.25. The molecule has 5 heteroatoms. The maximum atomic E-state index is 12.9. The number of rotatable bonds is 4. The molecule has 94 valence electrons. The third kappa shape index (κ3) is 3.46. The van der Waals surface area contributed by atoms with Crippen LogP contribution in [-0.2, 0) is 23.8 Å². The van der Waals surface area contributed by atoms with Crippen LogP contribution in [-0.4, -0.2) is 11.7 Å². The molecule has 0 unspecified atom stereocenters. The van der Waals surface area contributed by atoms with Crippen LogP contribution in [0.2, 0.25) is 0 Å². The van der Waals surface area contributed by atoms with E-state index in [4.69, 9.17) is 11.6 Å². The van der Waals surface area contributed by atoms with Gasteiger partial charge < -0.3 is 0 Å². The zero-order chi connectivity index (χ0) is 13.1. The minimum atomic E-state index is -4.44. The van der Waals surface area contributed by atoms with Crippen molar-refractivity contribution < 1.29 is 18.0 Å². The average Bonchev–Trinajstić information content (AvgIpc) is 2.26. The zero-order valence-electron chi connectivity index (χ0n) is 9.27. The molecule has 1 rings (SSSR count). The molecule has 0 N–H and O–H groups in total. The van der Waals surface area contributed by atoms with E-state index in [1.165, 1.54) is 18.2 Å². The van der Waals surface area contributed by atoms with E-state index in [2.05, 4.69) is 0 Å². The summed E-state index contributed by atoms with van der Waals surface area (Å²) in [5.74, 6) is -0.682. The number of aryl methyl sites for hydroxylation is 1. The highest BCUT2D eigenvalue weighted by molar-refractivity contribution is 6.27. The molecular weight excluding hydrogens is 253 g/mol. The first-order chi connectivity index (χ1) is 7.90. The maximum absolute atomic E-state index is 12.9. The van der Waals surface area contributed by atoms with Gasteiger partial charge in [-0.15, -0.1) is 11.6 Å². The molecule has 0 saturated carbocycles. The Morgan fingerprint density at radius 3 is 2.35 bits per heavy atom. The van der Waals surface area contributed by atoms with Crippen molar-refractivity contribution in [1.82, 2.24) is 0 Å². The lowest BCUT2D eigenvalue weighted by atomic mass is 9.96. The second-order valence-electron chi connectivity index (χ2n) is 3.65. The van der Waals surface area contributed by atoms with Gasteiger partial charge in [-0.25, -0.2) is 0 Å². The fourth-order valence-electron chi connectivity index (χ4n) is 1.72. The molecule has 1 aromatic carbocycles. The molecule has 0 saturated heterocycles. The lowest BCUT2D eigenvalue weighted by Gasteiger charge is -2.16. The van der Waals surface area contributed by atoms with Crippen LogP contribution in [0.5, 0.6) is 0 Å². The molecule has 0 aromatic heterocycles. The van der Waals surface area contributed by atoms with Gasteiger partial charge in [0.15, 0.2) is 5.78 Å². The van der Waals surface area contributed by atoms with Gasteiger partial charge in [0.25, 0.3) is 0 Å². The highest BCUT2D eigenvalue weighted by Crippen LogP contribution is 2.35. The Bertz CT molecular complexity index is 413. The highest BCUT2D eigenvalue weighted by atomic mass is 35.5. The minimum absolute atomic E-state index is 0.00231. The quantitative estimate of drug-likeness (QED) is 0.759. The van der Waals surface area contributed by atoms with E-state index in [9.17, 15) is 18.0 Å². The first-order valence-corrected chi connectivity index (χ1v) is 5.69. The van der Waals surface area contributed by atoms with Crippen LogP contribution in [0.25, 0.3) is 0 Å². The Hall–Kier alpha value is -1.03. The summed E-state index contributed by atoms with van der Waals surface area (Å²) < 4.78 is 38.7. The van der Waals surface area contributed by atoms with Crippen molar-refractivity contribution >= 4 is 17.4 Å². The van der Waals surface area contributed by atoms with Gasteiger partial charge in [-0.1, -0.05) is 25.1 Å². The fraction of sp³-hybridized carbons (Fsp3) is 0.417. The van der Waals surface area contributed by atoms with Crippen LogP contribution < -0.4 is 0 Å². The van der Waals surface area contributed by atoms with Gasteiger partial charge in [-0.05, 0) is 17.5 Å². The summed E-state index contributed by atoms with van der Waals surface area (Å²) in [5, 5.41) is 0. The number of benzene rings is 1. The molecule has 0 amide bonds. The van der Waals surface area contributed by atoms with Crippen LogP contribution in [0.1, 0.15) is 23.6 Å². The average molecular weight is 265 g/mol. The van der Waals surface area contributed by atoms with Crippen LogP contribution in [0, 0.1) is 0 Å². The molecule has 0 atom stereocenters. The van der Waals surface area contributed by atoms with E-state index in [1.807, 2.05) is 0 Å². The van der Waals surface area contributed by atoms with Gasteiger partial charge in [-0.3, -0.25) is 4.79 Å². The minimum Gasteiger partial charge on any atom is -0.298 e. The first-order valence-electron chi connectivity index (χ1n) is 5.15. The molecule has 1 aromatic rings. The normalized spacial score (nSPS) is 11.6. The highest BCUT2D eigenvalue weighted by Gasteiger charge is 2.35. The first kappa shape index (κ1) is 14.0. The summed E-state index contributed by atoms with van der Waals surface area (Å²) in [6.07, 6.45) is -4.43. The molecule has 0 fully saturated rings. The fourth-order valence-corrected chi connectivity index (χ4v) is 1.81. The smallest absolute Gasteiger partial charge is 0.298 e. The van der Waals surface area contributed by atoms with Crippen molar-refractivity contribution in [2.24, 2.45) is 0 Å². The number of halogens is 4. The maximum Gasteiger partial charge on any atom is 0.416 e. The Labute approximate surface area is 103 Å². The third-order valence-electron chi connectivity index (χ3n) is 2.44. The van der Waals surface area contributed by atoms with Crippen LogP contribution in [0.4, 0.5) is 13.2 Å². The second-order valence-corrected chi connectivity index (χ2v) is 3.92. The van der Waals surface area contributed by atoms with Crippen LogP contribution in [0.15, 0.2) is 18.2 Å². The SMILES string of the molecule is CCc1cccc(CC(=O)CCl)c1C(F)(F)F. The predicted molar refractivity (Wildman–Crippen MR) is 60.3 cm³/mol. The molecule has 0 bridgehead atoms. The second kappa shape index (κ2) is 5.54. The van der Waals surface area contributed by atoms with E-state index in [1.54, 1.807) is 6.92 Å². The predicted octanol–water partition coefficient (Wildman–Crippen LogP) is 3.62. The van der Waals surface area contributed by atoms with Crippen molar-refractivity contribution in [2.45, 2.75) is 25.9 Å². The van der Waals surface area contributed by atoms with Crippen LogP contribution >= 0.6 is 11.6 Å². The molecule has 1 nitrogen and oxygen atoms in total. The number of carbonyl (C=O) groups is 1. The molecule has 0 heterocycles. The standard InChI is InChI=1S/C12H12ClF3O/c1-2-8-4-3-5-9(6-10(17)7-13)11(8)12(14,15)16/h3-5H,2,6-7H2,1H3. The van der Waals surface area contributed by atoms with Gasteiger partial charge in [0, 0.05) is 6.42 Å². The van der Waals surface area contributed by atoms with Crippen molar-refractivity contribution in [1.29, 1.82) is 0 Å². The van der Waals surface area contributed by atoms with E-state index in [0.717, 1.165) is 0 Å². The van der Waals surface area contributed by atoms with E-state index < -0.39 is 17.5 Å². The molecule has 0 radical (unpaired) electrons. The van der Waals surface area contributed by atoms with Crippen molar-refractivity contribution in [3.05, 3.63) is 34.9 Å². The summed E-state index contributed by atoms with van der Waals surface area (Å²) in [6, 6.07) is 4.29. The molecular formula is C12H12ClF3O. The summed E-state index contributed by atoms with van der Waals surface area (Å²) >= 11 is 5.31. The summed E-state index contributed by atoms with van der Waals surface area (Å²) in [5.41, 5.74) is -0.485. The molecule has 0 aliphatic rings. The number of hydrogen-bond acceptors (Lipinski definition) is 1. The lowest BCUT2D eigenvalue weighted by molar-refractivity contribution is -0.138. The Morgan fingerprint density at radius 2 is 1.88 bits per heavy atom. The molecule has 0 aliphatic carbocycles. The number of alkyl halides is 4.